The minimum Gasteiger partial charge on any atom is -0.368 e. The lowest BCUT2D eigenvalue weighted by Crippen LogP contribution is -2.15. The number of halogens is 1. The van der Waals surface area contributed by atoms with Crippen LogP contribution < -0.4 is 10.6 Å². The number of aryl methyl sites for hydroxylation is 1. The molecular weight excluding hydrogens is 378 g/mol. The van der Waals surface area contributed by atoms with Crippen molar-refractivity contribution >= 4 is 29.2 Å². The van der Waals surface area contributed by atoms with Gasteiger partial charge in [-0.2, -0.15) is 19.9 Å². The van der Waals surface area contributed by atoms with Crippen molar-refractivity contribution in [3.63, 3.8) is 0 Å². The zero-order chi connectivity index (χ0) is 19.7. The van der Waals surface area contributed by atoms with E-state index < -0.39 is 0 Å². The van der Waals surface area contributed by atoms with Crippen LogP contribution >= 0.6 is 11.6 Å². The molecular formula is C19H16ClN7O. The first-order valence-electron chi connectivity index (χ1n) is 8.42. The summed E-state index contributed by atoms with van der Waals surface area (Å²) in [5, 5.41) is 4.47. The highest BCUT2D eigenvalue weighted by Crippen LogP contribution is 2.28. The van der Waals surface area contributed by atoms with Gasteiger partial charge in [0.2, 0.25) is 23.5 Å². The summed E-state index contributed by atoms with van der Waals surface area (Å²) in [5.74, 6) is 1.11. The smallest absolute Gasteiger partial charge is 0.259 e. The molecule has 28 heavy (non-hydrogen) atoms. The van der Waals surface area contributed by atoms with Crippen LogP contribution in [0.15, 0.2) is 53.1 Å². The Morgan fingerprint density at radius 3 is 2.57 bits per heavy atom. The van der Waals surface area contributed by atoms with Crippen molar-refractivity contribution in [2.24, 2.45) is 0 Å². The molecule has 0 amide bonds. The van der Waals surface area contributed by atoms with Gasteiger partial charge in [-0.1, -0.05) is 41.0 Å². The van der Waals surface area contributed by atoms with E-state index in [2.05, 4.69) is 25.1 Å². The first-order valence-corrected chi connectivity index (χ1v) is 8.80. The lowest BCUT2D eigenvalue weighted by Gasteiger charge is -2.17. The van der Waals surface area contributed by atoms with Crippen molar-refractivity contribution in [3.05, 3.63) is 59.1 Å². The molecule has 2 aromatic carbocycles. The number of aromatic nitrogens is 5. The van der Waals surface area contributed by atoms with E-state index in [1.165, 1.54) is 0 Å². The summed E-state index contributed by atoms with van der Waals surface area (Å²) >= 11 is 6.19. The quantitative estimate of drug-likeness (QED) is 0.556. The van der Waals surface area contributed by atoms with Crippen molar-refractivity contribution in [2.45, 2.75) is 6.92 Å². The highest BCUT2D eigenvalue weighted by atomic mass is 35.5. The Morgan fingerprint density at radius 1 is 0.964 bits per heavy atom. The Kier molecular flexibility index (Phi) is 4.62. The van der Waals surface area contributed by atoms with Crippen LogP contribution in [-0.2, 0) is 0 Å². The fraction of sp³-hybridized carbons (Fsp3) is 0.105. The molecule has 0 unspecified atom stereocenters. The third-order valence-electron chi connectivity index (χ3n) is 4.06. The number of benzene rings is 2. The van der Waals surface area contributed by atoms with Gasteiger partial charge < -0.3 is 15.2 Å². The van der Waals surface area contributed by atoms with Gasteiger partial charge in [-0.3, -0.25) is 0 Å². The molecule has 4 rings (SSSR count). The number of nitrogens with zero attached hydrogens (tertiary/aromatic N) is 6. The molecule has 0 aliphatic heterocycles. The zero-order valence-corrected chi connectivity index (χ0v) is 15.9. The fourth-order valence-electron chi connectivity index (χ4n) is 2.64. The third kappa shape index (κ3) is 3.49. The van der Waals surface area contributed by atoms with E-state index in [0.29, 0.717) is 16.5 Å². The highest BCUT2D eigenvalue weighted by molar-refractivity contribution is 6.33. The van der Waals surface area contributed by atoms with Gasteiger partial charge in [-0.05, 0) is 36.8 Å². The zero-order valence-electron chi connectivity index (χ0n) is 15.2. The molecule has 0 aliphatic rings. The Labute approximate surface area is 166 Å². The highest BCUT2D eigenvalue weighted by Gasteiger charge is 2.18. The first kappa shape index (κ1) is 17.9. The SMILES string of the molecule is Cc1cccc(N(C)c2nc(N)nc(-c3noc(-c4ccccc4Cl)n3)n2)c1. The minimum absolute atomic E-state index is 0.0589. The summed E-state index contributed by atoms with van der Waals surface area (Å²) in [7, 11) is 1.85. The summed E-state index contributed by atoms with van der Waals surface area (Å²) in [6.45, 7) is 2.01. The predicted molar refractivity (Wildman–Crippen MR) is 107 cm³/mol. The average molecular weight is 394 g/mol. The molecule has 8 nitrogen and oxygen atoms in total. The Morgan fingerprint density at radius 2 is 1.79 bits per heavy atom. The van der Waals surface area contributed by atoms with Gasteiger partial charge >= 0.3 is 0 Å². The lowest BCUT2D eigenvalue weighted by atomic mass is 10.2. The third-order valence-corrected chi connectivity index (χ3v) is 4.39. The lowest BCUT2D eigenvalue weighted by molar-refractivity contribution is 0.432. The van der Waals surface area contributed by atoms with Crippen LogP contribution in [0.25, 0.3) is 23.1 Å². The molecule has 2 heterocycles. The second-order valence-electron chi connectivity index (χ2n) is 6.12. The second kappa shape index (κ2) is 7.24. The Hall–Kier alpha value is -3.52. The van der Waals surface area contributed by atoms with Crippen molar-refractivity contribution in [1.82, 2.24) is 25.1 Å². The van der Waals surface area contributed by atoms with Crippen LogP contribution in [0, 0.1) is 6.92 Å². The van der Waals surface area contributed by atoms with E-state index >= 15 is 0 Å². The summed E-state index contributed by atoms with van der Waals surface area (Å²) in [4.78, 5) is 19.0. The van der Waals surface area contributed by atoms with Crippen LogP contribution in [0.5, 0.6) is 0 Å². The maximum absolute atomic E-state index is 6.19. The predicted octanol–water partition coefficient (Wildman–Crippen LogP) is 3.90. The van der Waals surface area contributed by atoms with E-state index in [9.17, 15) is 0 Å². The van der Waals surface area contributed by atoms with Gasteiger partial charge in [0.15, 0.2) is 0 Å². The summed E-state index contributed by atoms with van der Waals surface area (Å²) in [6.07, 6.45) is 0. The minimum atomic E-state index is 0.0589. The van der Waals surface area contributed by atoms with Crippen LogP contribution in [0.4, 0.5) is 17.6 Å². The Balaban J connectivity index is 1.71. The number of anilines is 3. The molecule has 9 heteroatoms. The number of nitrogens with two attached hydrogens (primary N) is 1. The van der Waals surface area contributed by atoms with E-state index in [1.54, 1.807) is 12.1 Å². The van der Waals surface area contributed by atoms with Gasteiger partial charge in [0, 0.05) is 12.7 Å². The number of hydrogen-bond acceptors (Lipinski definition) is 8. The van der Waals surface area contributed by atoms with Crippen molar-refractivity contribution < 1.29 is 4.52 Å². The van der Waals surface area contributed by atoms with Gasteiger partial charge in [0.25, 0.3) is 5.89 Å². The molecule has 2 N–H and O–H groups in total. The molecule has 0 bridgehead atoms. The van der Waals surface area contributed by atoms with Gasteiger partial charge in [0.05, 0.1) is 10.6 Å². The number of hydrogen-bond donors (Lipinski definition) is 1. The molecule has 0 fully saturated rings. The largest absolute Gasteiger partial charge is 0.368 e. The van der Waals surface area contributed by atoms with Crippen molar-refractivity contribution in [2.75, 3.05) is 17.7 Å². The van der Waals surface area contributed by atoms with Crippen molar-refractivity contribution in [1.29, 1.82) is 0 Å². The summed E-state index contributed by atoms with van der Waals surface area (Å²) in [5.41, 5.74) is 8.55. The molecule has 140 valence electrons. The Bertz CT molecular complexity index is 1140. The van der Waals surface area contributed by atoms with E-state index in [0.717, 1.165) is 11.3 Å². The maximum atomic E-state index is 6.19. The monoisotopic (exact) mass is 393 g/mol. The second-order valence-corrected chi connectivity index (χ2v) is 6.53. The number of nitrogen functional groups attached to an aromatic ring is 1. The van der Waals surface area contributed by atoms with E-state index in [-0.39, 0.29) is 23.5 Å². The molecule has 2 aromatic heterocycles. The summed E-state index contributed by atoms with van der Waals surface area (Å²) < 4.78 is 5.33. The standard InChI is InChI=1S/C19H16ClN7O/c1-11-6-5-7-12(10-11)27(2)19-24-15(23-18(21)25-19)16-22-17(28-26-16)13-8-3-4-9-14(13)20/h3-10H,1-2H3,(H2,21,23,24,25). The number of rotatable bonds is 4. The van der Waals surface area contributed by atoms with Crippen LogP contribution in [-0.4, -0.2) is 32.1 Å². The van der Waals surface area contributed by atoms with E-state index in [4.69, 9.17) is 21.9 Å². The van der Waals surface area contributed by atoms with E-state index in [1.807, 2.05) is 55.3 Å². The van der Waals surface area contributed by atoms with Gasteiger partial charge in [-0.15, -0.1) is 0 Å². The molecule has 0 saturated heterocycles. The maximum Gasteiger partial charge on any atom is 0.259 e. The average Bonchev–Trinajstić information content (AvgIpc) is 3.17. The molecule has 0 radical (unpaired) electrons. The summed E-state index contributed by atoms with van der Waals surface area (Å²) in [6, 6.07) is 15.1. The first-order chi connectivity index (χ1) is 13.5. The molecule has 0 atom stereocenters. The van der Waals surface area contributed by atoms with Crippen LogP contribution in [0.3, 0.4) is 0 Å². The molecule has 0 saturated carbocycles. The molecule has 0 aliphatic carbocycles. The van der Waals surface area contributed by atoms with Crippen LogP contribution in [0.1, 0.15) is 5.56 Å². The van der Waals surface area contributed by atoms with Gasteiger partial charge in [0.1, 0.15) is 0 Å². The topological polar surface area (TPSA) is 107 Å². The van der Waals surface area contributed by atoms with Crippen molar-refractivity contribution in [3.8, 4) is 23.1 Å². The fourth-order valence-corrected chi connectivity index (χ4v) is 2.86. The van der Waals surface area contributed by atoms with Crippen LogP contribution in [0.2, 0.25) is 5.02 Å². The molecule has 4 aromatic rings. The molecule has 0 spiro atoms. The van der Waals surface area contributed by atoms with Gasteiger partial charge in [-0.25, -0.2) is 0 Å². The normalized spacial score (nSPS) is 10.8.